The molecule has 0 spiro atoms. The van der Waals surface area contributed by atoms with Gasteiger partial charge in [0, 0.05) is 17.2 Å². The molecule has 0 unspecified atom stereocenters. The smallest absolute Gasteiger partial charge is 0.253 e. The Morgan fingerprint density at radius 1 is 1.47 bits per heavy atom. The number of aromatic nitrogens is 1. The Balaban J connectivity index is 2.08. The summed E-state index contributed by atoms with van der Waals surface area (Å²) in [4.78, 5) is 16.3. The van der Waals surface area contributed by atoms with Crippen LogP contribution in [0.4, 0.5) is 0 Å². The van der Waals surface area contributed by atoms with Gasteiger partial charge < -0.3 is 5.32 Å². The number of pyridine rings is 1. The Labute approximate surface area is 110 Å². The largest absolute Gasteiger partial charge is 0.346 e. The second kappa shape index (κ2) is 5.17. The van der Waals surface area contributed by atoms with Gasteiger partial charge in [-0.15, -0.1) is 0 Å². The highest BCUT2D eigenvalue weighted by Gasteiger charge is 2.34. The van der Waals surface area contributed by atoms with Crippen molar-refractivity contribution in [2.45, 2.75) is 38.1 Å². The van der Waals surface area contributed by atoms with Crippen LogP contribution in [-0.4, -0.2) is 21.8 Å². The van der Waals surface area contributed by atoms with Gasteiger partial charge in [-0.25, -0.2) is 0 Å². The molecule has 1 N–H and O–H groups in total. The van der Waals surface area contributed by atoms with Crippen LogP contribution >= 0.6 is 15.9 Å². The predicted molar refractivity (Wildman–Crippen MR) is 71.4 cm³/mol. The van der Waals surface area contributed by atoms with E-state index in [9.17, 15) is 4.79 Å². The standard InChI is InChI=1S/C13H17BrN2O/c1-10-4-5-11(8-15-10)12(17)16-13(9-14)6-2-3-7-13/h4-5,8H,2-3,6-7,9H2,1H3,(H,16,17). The van der Waals surface area contributed by atoms with E-state index >= 15 is 0 Å². The molecular weight excluding hydrogens is 280 g/mol. The van der Waals surface area contributed by atoms with Gasteiger partial charge in [0.15, 0.2) is 0 Å². The minimum atomic E-state index is -0.0536. The summed E-state index contributed by atoms with van der Waals surface area (Å²) in [5, 5.41) is 3.98. The number of nitrogens with zero attached hydrogens (tertiary/aromatic N) is 1. The van der Waals surface area contributed by atoms with Crippen molar-refractivity contribution in [1.82, 2.24) is 10.3 Å². The molecule has 1 aliphatic carbocycles. The summed E-state index contributed by atoms with van der Waals surface area (Å²) in [6.07, 6.45) is 6.14. The van der Waals surface area contributed by atoms with Crippen LogP contribution in [0.25, 0.3) is 0 Å². The van der Waals surface area contributed by atoms with Crippen molar-refractivity contribution >= 4 is 21.8 Å². The summed E-state index contributed by atoms with van der Waals surface area (Å²) < 4.78 is 0. The molecule has 0 bridgehead atoms. The van der Waals surface area contributed by atoms with Crippen LogP contribution < -0.4 is 5.32 Å². The van der Waals surface area contributed by atoms with E-state index < -0.39 is 0 Å². The normalized spacial score (nSPS) is 18.0. The number of halogens is 1. The predicted octanol–water partition coefficient (Wildman–Crippen LogP) is 2.83. The fourth-order valence-electron chi connectivity index (χ4n) is 2.26. The number of alkyl halides is 1. The van der Waals surface area contributed by atoms with Gasteiger partial charge in [-0.3, -0.25) is 9.78 Å². The third-order valence-electron chi connectivity index (χ3n) is 3.37. The van der Waals surface area contributed by atoms with Crippen LogP contribution in [0.1, 0.15) is 41.7 Å². The molecule has 0 radical (unpaired) electrons. The number of nitrogens with one attached hydrogen (secondary N) is 1. The van der Waals surface area contributed by atoms with Gasteiger partial charge >= 0.3 is 0 Å². The molecule has 0 aliphatic heterocycles. The van der Waals surface area contributed by atoms with Crippen LogP contribution in [0.15, 0.2) is 18.3 Å². The van der Waals surface area contributed by atoms with Crippen molar-refractivity contribution in [2.75, 3.05) is 5.33 Å². The Hall–Kier alpha value is -0.900. The Morgan fingerprint density at radius 3 is 2.71 bits per heavy atom. The first-order valence-electron chi connectivity index (χ1n) is 5.96. The lowest BCUT2D eigenvalue weighted by molar-refractivity contribution is 0.0910. The highest BCUT2D eigenvalue weighted by atomic mass is 79.9. The average Bonchev–Trinajstić information content (AvgIpc) is 2.79. The number of amides is 1. The van der Waals surface area contributed by atoms with E-state index in [4.69, 9.17) is 0 Å². The molecule has 92 valence electrons. The molecule has 1 fully saturated rings. The topological polar surface area (TPSA) is 42.0 Å². The first kappa shape index (κ1) is 12.6. The Kier molecular flexibility index (Phi) is 3.82. The molecule has 1 heterocycles. The van der Waals surface area contributed by atoms with Crippen LogP contribution in [0.5, 0.6) is 0 Å². The van der Waals surface area contributed by atoms with E-state index in [2.05, 4.69) is 26.2 Å². The summed E-state index contributed by atoms with van der Waals surface area (Å²) in [7, 11) is 0. The highest BCUT2D eigenvalue weighted by Crippen LogP contribution is 2.31. The first-order valence-corrected chi connectivity index (χ1v) is 7.08. The third kappa shape index (κ3) is 2.86. The van der Waals surface area contributed by atoms with E-state index in [1.165, 1.54) is 12.8 Å². The van der Waals surface area contributed by atoms with Crippen molar-refractivity contribution in [2.24, 2.45) is 0 Å². The zero-order chi connectivity index (χ0) is 12.3. The van der Waals surface area contributed by atoms with E-state index in [1.54, 1.807) is 6.20 Å². The van der Waals surface area contributed by atoms with Crippen LogP contribution in [0.3, 0.4) is 0 Å². The van der Waals surface area contributed by atoms with Gasteiger partial charge in [0.1, 0.15) is 0 Å². The van der Waals surface area contributed by atoms with Gasteiger partial charge in [0.05, 0.1) is 11.1 Å². The van der Waals surface area contributed by atoms with Gasteiger partial charge in [-0.05, 0) is 31.9 Å². The zero-order valence-electron chi connectivity index (χ0n) is 10.0. The fraction of sp³-hybridized carbons (Fsp3) is 0.538. The van der Waals surface area contributed by atoms with Crippen molar-refractivity contribution in [3.05, 3.63) is 29.6 Å². The van der Waals surface area contributed by atoms with E-state index in [-0.39, 0.29) is 11.4 Å². The SMILES string of the molecule is Cc1ccc(C(=O)NC2(CBr)CCCC2)cn1. The number of carbonyl (C=O) groups excluding carboxylic acids is 1. The van der Waals surface area contributed by atoms with E-state index in [0.717, 1.165) is 23.9 Å². The lowest BCUT2D eigenvalue weighted by Gasteiger charge is -2.28. The molecule has 0 atom stereocenters. The van der Waals surface area contributed by atoms with Gasteiger partial charge in [0.25, 0.3) is 5.91 Å². The summed E-state index contributed by atoms with van der Waals surface area (Å²) in [6, 6.07) is 3.69. The minimum Gasteiger partial charge on any atom is -0.346 e. The molecular formula is C13H17BrN2O. The molecule has 1 aromatic heterocycles. The summed E-state index contributed by atoms with van der Waals surface area (Å²) >= 11 is 3.52. The van der Waals surface area contributed by atoms with Gasteiger partial charge in [-0.1, -0.05) is 28.8 Å². The molecule has 1 aliphatic rings. The quantitative estimate of drug-likeness (QED) is 0.872. The number of carbonyl (C=O) groups is 1. The molecule has 3 nitrogen and oxygen atoms in total. The van der Waals surface area contributed by atoms with E-state index in [1.807, 2.05) is 19.1 Å². The maximum Gasteiger partial charge on any atom is 0.253 e. The molecule has 0 saturated heterocycles. The summed E-state index contributed by atoms with van der Waals surface area (Å²) in [5.74, 6) is -0.0150. The molecule has 2 rings (SSSR count). The third-order valence-corrected chi connectivity index (χ3v) is 4.44. The molecule has 1 saturated carbocycles. The fourth-order valence-corrected chi connectivity index (χ4v) is 2.96. The number of aryl methyl sites for hydroxylation is 1. The second-order valence-corrected chi connectivity index (χ2v) is 5.32. The number of hydrogen-bond acceptors (Lipinski definition) is 2. The number of hydrogen-bond donors (Lipinski definition) is 1. The molecule has 17 heavy (non-hydrogen) atoms. The highest BCUT2D eigenvalue weighted by molar-refractivity contribution is 9.09. The zero-order valence-corrected chi connectivity index (χ0v) is 11.6. The maximum absolute atomic E-state index is 12.1. The lowest BCUT2D eigenvalue weighted by atomic mass is 10.00. The minimum absolute atomic E-state index is 0.0150. The Morgan fingerprint density at radius 2 is 2.18 bits per heavy atom. The van der Waals surface area contributed by atoms with Crippen LogP contribution in [0.2, 0.25) is 0 Å². The molecule has 1 amide bonds. The Bertz CT molecular complexity index is 396. The monoisotopic (exact) mass is 296 g/mol. The summed E-state index contributed by atoms with van der Waals surface area (Å²) in [6.45, 7) is 1.92. The second-order valence-electron chi connectivity index (χ2n) is 4.76. The maximum atomic E-state index is 12.1. The lowest BCUT2D eigenvalue weighted by Crippen LogP contribution is -2.47. The van der Waals surface area contributed by atoms with Crippen molar-refractivity contribution in [1.29, 1.82) is 0 Å². The van der Waals surface area contributed by atoms with Crippen LogP contribution in [-0.2, 0) is 0 Å². The number of rotatable bonds is 3. The average molecular weight is 297 g/mol. The van der Waals surface area contributed by atoms with Crippen molar-refractivity contribution in [3.8, 4) is 0 Å². The molecule has 0 aromatic carbocycles. The molecule has 1 aromatic rings. The summed E-state index contributed by atoms with van der Waals surface area (Å²) in [5.41, 5.74) is 1.52. The first-order chi connectivity index (χ1) is 8.15. The van der Waals surface area contributed by atoms with Gasteiger partial charge in [-0.2, -0.15) is 0 Å². The molecule has 4 heteroatoms. The van der Waals surface area contributed by atoms with Crippen LogP contribution in [0, 0.1) is 6.92 Å². The van der Waals surface area contributed by atoms with E-state index in [0.29, 0.717) is 5.56 Å². The van der Waals surface area contributed by atoms with Gasteiger partial charge in [0.2, 0.25) is 0 Å². The van der Waals surface area contributed by atoms with Crippen molar-refractivity contribution in [3.63, 3.8) is 0 Å². The van der Waals surface area contributed by atoms with Crippen molar-refractivity contribution < 1.29 is 4.79 Å².